The molecule has 2 aromatic carbocycles. The minimum Gasteiger partial charge on any atom is -0.870 e. The Balaban J connectivity index is 0.00000385. The van der Waals surface area contributed by atoms with Gasteiger partial charge >= 0.3 is 6.18 Å². The molecule has 0 atom stereocenters. The van der Waals surface area contributed by atoms with Gasteiger partial charge in [0.05, 0.1) is 9.77 Å². The van der Waals surface area contributed by atoms with Gasteiger partial charge in [0.2, 0.25) is 11.4 Å². The van der Waals surface area contributed by atoms with Crippen LogP contribution in [0.4, 0.5) is 24.5 Å². The van der Waals surface area contributed by atoms with Crippen LogP contribution in [-0.4, -0.2) is 32.0 Å². The van der Waals surface area contributed by atoms with Crippen LogP contribution in [0.1, 0.15) is 4.88 Å². The highest BCUT2D eigenvalue weighted by atomic mass is 32.2. The van der Waals surface area contributed by atoms with Crippen LogP contribution in [0.5, 0.6) is 0 Å². The monoisotopic (exact) mass is 497 g/mol. The molecular weight excluding hydrogens is 479 g/mol. The number of thiophene rings is 1. The summed E-state index contributed by atoms with van der Waals surface area (Å²) < 4.78 is 62.9. The lowest BCUT2D eigenvalue weighted by molar-refractivity contribution is -0.350. The van der Waals surface area contributed by atoms with E-state index in [9.17, 15) is 26.5 Å². The van der Waals surface area contributed by atoms with Crippen LogP contribution in [-0.2, 0) is 9.84 Å². The lowest BCUT2D eigenvalue weighted by Crippen LogP contribution is -2.66. The van der Waals surface area contributed by atoms with Gasteiger partial charge in [0.15, 0.2) is 15.5 Å². The largest absolute Gasteiger partial charge is 0.870 e. The van der Waals surface area contributed by atoms with Crippen LogP contribution in [0.25, 0.3) is 11.1 Å². The van der Waals surface area contributed by atoms with Crippen molar-refractivity contribution in [1.82, 2.24) is 0 Å². The first-order valence-electron chi connectivity index (χ1n) is 8.99. The number of hydrogen-bond acceptors (Lipinski definition) is 7. The van der Waals surface area contributed by atoms with Crippen LogP contribution < -0.4 is 10.7 Å². The van der Waals surface area contributed by atoms with E-state index >= 15 is 0 Å². The van der Waals surface area contributed by atoms with Gasteiger partial charge in [-0.25, -0.2) is 13.4 Å². The summed E-state index contributed by atoms with van der Waals surface area (Å²) in [5, 5.41) is 4.56. The van der Waals surface area contributed by atoms with Gasteiger partial charge in [-0.15, -0.1) is 16.2 Å². The number of para-hydroxylation sites is 1. The normalized spacial score (nSPS) is 12.8. The lowest BCUT2D eigenvalue weighted by Gasteiger charge is -2.05. The molecule has 0 spiro atoms. The number of nitrogens with two attached hydrogens (primary N) is 1. The molecule has 12 heteroatoms. The second kappa shape index (κ2) is 10.1. The van der Waals surface area contributed by atoms with Crippen molar-refractivity contribution < 1.29 is 32.1 Å². The summed E-state index contributed by atoms with van der Waals surface area (Å²) in [5.41, 5.74) is 5.31. The molecular formula is C21H18F3N3O4S2. The maximum Gasteiger partial charge on any atom is 0.430 e. The zero-order valence-corrected chi connectivity index (χ0v) is 18.6. The van der Waals surface area contributed by atoms with Crippen molar-refractivity contribution in [3.05, 3.63) is 81.5 Å². The van der Waals surface area contributed by atoms with Crippen LogP contribution >= 0.6 is 11.3 Å². The third kappa shape index (κ3) is 6.34. The van der Waals surface area contributed by atoms with Crippen molar-refractivity contribution in [3.63, 3.8) is 0 Å². The van der Waals surface area contributed by atoms with Crippen LogP contribution in [0.2, 0.25) is 0 Å². The van der Waals surface area contributed by atoms with E-state index in [0.717, 1.165) is 23.7 Å². The van der Waals surface area contributed by atoms with Gasteiger partial charge in [0.25, 0.3) is 0 Å². The van der Waals surface area contributed by atoms with Gasteiger partial charge in [-0.3, -0.25) is 0 Å². The number of alkyl halides is 3. The molecule has 3 aromatic rings. The average molecular weight is 498 g/mol. The molecule has 33 heavy (non-hydrogen) atoms. The third-order valence-corrected chi connectivity index (χ3v) is 6.43. The predicted octanol–water partition coefficient (Wildman–Crippen LogP) is 3.65. The van der Waals surface area contributed by atoms with E-state index in [4.69, 9.17) is 5.73 Å². The Labute approximate surface area is 191 Å². The van der Waals surface area contributed by atoms with Gasteiger partial charge in [-0.2, -0.15) is 13.2 Å². The fourth-order valence-corrected chi connectivity index (χ4v) is 4.30. The van der Waals surface area contributed by atoms with E-state index in [0.29, 0.717) is 16.0 Å². The number of nitrogens with one attached hydrogen (secondary N) is 1. The Morgan fingerprint density at radius 2 is 1.79 bits per heavy atom. The van der Waals surface area contributed by atoms with Crippen molar-refractivity contribution in [2.75, 3.05) is 6.26 Å². The number of rotatable bonds is 6. The second-order valence-electron chi connectivity index (χ2n) is 6.74. The molecule has 3 rings (SSSR count). The number of nitroso groups, excluding NO2 is 1. The summed E-state index contributed by atoms with van der Waals surface area (Å²) >= 11 is 1.13. The Hall–Kier alpha value is -3.35. The quantitative estimate of drug-likeness (QED) is 0.396. The van der Waals surface area contributed by atoms with E-state index in [1.165, 1.54) is 24.3 Å². The van der Waals surface area contributed by atoms with Gasteiger partial charge in [-0.05, 0) is 45.9 Å². The molecule has 0 amide bonds. The summed E-state index contributed by atoms with van der Waals surface area (Å²) in [6.07, 6.45) is -2.92. The van der Waals surface area contributed by atoms with Crippen molar-refractivity contribution >= 4 is 38.3 Å². The standard InChI is InChI=1S/C21H16F3N3O3S2.H2O/c1-32(29,30)15-6-4-5-13(9-15)14-10-19(31-12-14)18(11-20(25)21(22,23)24)26-16-7-2-3-8-17(16)27-28;/h2-12H,25H2,1H3;1H2. The maximum absolute atomic E-state index is 13.1. The van der Waals surface area contributed by atoms with Crippen molar-refractivity contribution in [1.29, 1.82) is 0 Å². The molecule has 7 nitrogen and oxygen atoms in total. The highest BCUT2D eigenvalue weighted by Gasteiger charge is 2.33. The SMILES string of the molecule is CS(=O)(=O)c1cccc(-c2csc(C(C=C(N)C(F)(F)F)=[NH+]c3ccccc3N=O)c2)c1.[OH-]. The van der Waals surface area contributed by atoms with E-state index in [2.05, 4.69) is 10.2 Å². The number of allylic oxidation sites excluding steroid dienone is 2. The first-order valence-corrected chi connectivity index (χ1v) is 11.8. The Morgan fingerprint density at radius 1 is 1.09 bits per heavy atom. The zero-order valence-electron chi connectivity index (χ0n) is 17.0. The van der Waals surface area contributed by atoms with Crippen LogP contribution in [0, 0.1) is 4.91 Å². The molecule has 1 aromatic heterocycles. The number of nitrogens with zero attached hydrogens (tertiary/aromatic N) is 1. The Bertz CT molecular complexity index is 1330. The molecule has 0 saturated carbocycles. The molecule has 0 aliphatic heterocycles. The Kier molecular flexibility index (Phi) is 7.90. The molecule has 0 fully saturated rings. The molecule has 0 aliphatic rings. The zero-order chi connectivity index (χ0) is 23.5. The van der Waals surface area contributed by atoms with Gasteiger partial charge in [-0.1, -0.05) is 24.3 Å². The molecule has 174 valence electrons. The minimum absolute atomic E-state index is 0. The molecule has 0 unspecified atom stereocenters. The van der Waals surface area contributed by atoms with Gasteiger partial charge < -0.3 is 11.2 Å². The first-order chi connectivity index (χ1) is 15.0. The summed E-state index contributed by atoms with van der Waals surface area (Å²) in [7, 11) is -3.43. The van der Waals surface area contributed by atoms with E-state index < -0.39 is 21.7 Å². The maximum atomic E-state index is 13.1. The molecule has 0 saturated heterocycles. The number of halogens is 3. The number of hydrogen-bond donors (Lipinski definition) is 2. The molecule has 0 bridgehead atoms. The van der Waals surface area contributed by atoms with Gasteiger partial charge in [0.1, 0.15) is 5.70 Å². The predicted molar refractivity (Wildman–Crippen MR) is 120 cm³/mol. The smallest absolute Gasteiger partial charge is 0.430 e. The van der Waals surface area contributed by atoms with E-state index in [-0.39, 0.29) is 27.5 Å². The lowest BCUT2D eigenvalue weighted by atomic mass is 10.1. The fraction of sp³-hybridized carbons (Fsp3) is 0.0952. The number of benzene rings is 2. The highest BCUT2D eigenvalue weighted by Crippen LogP contribution is 2.29. The molecule has 0 radical (unpaired) electrons. The van der Waals surface area contributed by atoms with Crippen molar-refractivity contribution in [2.24, 2.45) is 10.9 Å². The minimum atomic E-state index is -4.75. The first kappa shape index (κ1) is 25.9. The van der Waals surface area contributed by atoms with E-state index in [1.54, 1.807) is 35.7 Å². The van der Waals surface area contributed by atoms with Crippen molar-refractivity contribution in [2.45, 2.75) is 11.1 Å². The summed E-state index contributed by atoms with van der Waals surface area (Å²) in [6.45, 7) is 0. The highest BCUT2D eigenvalue weighted by molar-refractivity contribution is 7.90. The average Bonchev–Trinajstić information content (AvgIpc) is 3.22. The topological polar surface area (TPSA) is 134 Å². The number of sulfone groups is 1. The third-order valence-electron chi connectivity index (χ3n) is 4.36. The molecule has 0 aliphatic carbocycles. The van der Waals surface area contributed by atoms with E-state index in [1.807, 2.05) is 0 Å². The second-order valence-corrected chi connectivity index (χ2v) is 9.67. The van der Waals surface area contributed by atoms with Gasteiger partial charge in [0, 0.05) is 18.4 Å². The Morgan fingerprint density at radius 3 is 2.42 bits per heavy atom. The summed E-state index contributed by atoms with van der Waals surface area (Å²) in [6, 6.07) is 13.9. The summed E-state index contributed by atoms with van der Waals surface area (Å²) in [5.74, 6) is 0. The van der Waals surface area contributed by atoms with Crippen LogP contribution in [0.3, 0.4) is 0 Å². The van der Waals surface area contributed by atoms with Crippen LogP contribution in [0.15, 0.2) is 81.8 Å². The molecule has 4 N–H and O–H groups in total. The molecule has 1 heterocycles. The van der Waals surface area contributed by atoms with Crippen molar-refractivity contribution in [3.8, 4) is 11.1 Å². The summed E-state index contributed by atoms with van der Waals surface area (Å²) in [4.78, 5) is 14.4. The fourth-order valence-electron chi connectivity index (χ4n) is 2.75.